The molecule has 1 aliphatic heterocycles. The Morgan fingerprint density at radius 2 is 1.88 bits per heavy atom. The van der Waals surface area contributed by atoms with E-state index in [1.807, 2.05) is 42.7 Å². The first kappa shape index (κ1) is 26.2. The van der Waals surface area contributed by atoms with Crippen LogP contribution in [0.3, 0.4) is 0 Å². The summed E-state index contributed by atoms with van der Waals surface area (Å²) in [6, 6.07) is 7.63. The topological polar surface area (TPSA) is 133 Å². The van der Waals surface area contributed by atoms with Gasteiger partial charge < -0.3 is 20.5 Å². The number of anilines is 1. The number of nitrogens with one attached hydrogen (secondary N) is 1. The number of aromatic nitrogens is 5. The molecule has 2 fully saturated rings. The van der Waals surface area contributed by atoms with Gasteiger partial charge in [-0.05, 0) is 51.5 Å². The number of carbonyl (C=O) groups excluding carboxylic acids is 1. The summed E-state index contributed by atoms with van der Waals surface area (Å²) in [7, 11) is 1.62. The average molecular weight is 545 g/mol. The van der Waals surface area contributed by atoms with Crippen LogP contribution in [-0.2, 0) is 20.1 Å². The molecule has 0 radical (unpaired) electrons. The quantitative estimate of drug-likeness (QED) is 0.363. The Morgan fingerprint density at radius 3 is 2.60 bits per heavy atom. The van der Waals surface area contributed by atoms with Gasteiger partial charge in [0, 0.05) is 50.3 Å². The van der Waals surface area contributed by atoms with Gasteiger partial charge in [-0.25, -0.2) is 14.8 Å². The van der Waals surface area contributed by atoms with E-state index in [0.717, 1.165) is 48.8 Å². The molecule has 6 rings (SSSR count). The zero-order valence-corrected chi connectivity index (χ0v) is 23.3. The number of benzene rings is 1. The van der Waals surface area contributed by atoms with Crippen molar-refractivity contribution in [3.05, 3.63) is 62.2 Å². The summed E-state index contributed by atoms with van der Waals surface area (Å²) >= 11 is 0. The molecule has 1 aliphatic carbocycles. The Labute approximate surface area is 231 Å². The fraction of sp³-hybridized carbons (Fsp3) is 0.483. The van der Waals surface area contributed by atoms with E-state index >= 15 is 0 Å². The highest BCUT2D eigenvalue weighted by Gasteiger charge is 2.33. The van der Waals surface area contributed by atoms with Crippen molar-refractivity contribution in [1.82, 2.24) is 29.0 Å². The first-order valence-corrected chi connectivity index (χ1v) is 14.2. The van der Waals surface area contributed by atoms with Crippen molar-refractivity contribution in [3.63, 3.8) is 0 Å². The van der Waals surface area contributed by atoms with Crippen molar-refractivity contribution in [2.24, 2.45) is 18.7 Å². The molecule has 4 aromatic rings. The standard InChI is InChI=1S/C29H36N8O3/c1-4-36-25-24(23(26(38)31-14-18-11-12-18)27(36)35-13-7-8-19(30)15-35)34(3)29(40)37(28(25)39)16-22-32-17(2)20-9-5-6-10-21(20)33-22/h5-6,9-10,18-19H,4,7-8,11-16,30H2,1-3H3,(H,31,38)/t19-/m1/s1. The highest BCUT2D eigenvalue weighted by atomic mass is 16.2. The monoisotopic (exact) mass is 544 g/mol. The Balaban J connectivity index is 1.55. The largest absolute Gasteiger partial charge is 0.356 e. The number of amides is 1. The average Bonchev–Trinajstić information content (AvgIpc) is 3.71. The maximum atomic E-state index is 14.1. The minimum atomic E-state index is -0.515. The number of piperidine rings is 1. The van der Waals surface area contributed by atoms with Crippen LogP contribution in [0.1, 0.15) is 54.5 Å². The highest BCUT2D eigenvalue weighted by Crippen LogP contribution is 2.33. The summed E-state index contributed by atoms with van der Waals surface area (Å²) in [6.45, 7) is 6.10. The number of hydrogen-bond acceptors (Lipinski definition) is 7. The lowest BCUT2D eigenvalue weighted by Crippen LogP contribution is -2.44. The number of carbonyl (C=O) groups is 1. The van der Waals surface area contributed by atoms with Gasteiger partial charge in [-0.15, -0.1) is 0 Å². The minimum Gasteiger partial charge on any atom is -0.356 e. The van der Waals surface area contributed by atoms with E-state index in [1.165, 1.54) is 9.13 Å². The molecule has 210 valence electrons. The van der Waals surface area contributed by atoms with Crippen LogP contribution in [-0.4, -0.2) is 55.3 Å². The smallest absolute Gasteiger partial charge is 0.331 e. The van der Waals surface area contributed by atoms with Gasteiger partial charge in [-0.1, -0.05) is 18.2 Å². The summed E-state index contributed by atoms with van der Waals surface area (Å²) in [4.78, 5) is 53.0. The van der Waals surface area contributed by atoms with Gasteiger partial charge >= 0.3 is 5.69 Å². The first-order valence-electron chi connectivity index (χ1n) is 14.2. The van der Waals surface area contributed by atoms with Crippen molar-refractivity contribution in [3.8, 4) is 0 Å². The van der Waals surface area contributed by atoms with Crippen LogP contribution >= 0.6 is 0 Å². The Hall–Kier alpha value is -3.99. The number of rotatable bonds is 7. The lowest BCUT2D eigenvalue weighted by molar-refractivity contribution is 0.0953. The van der Waals surface area contributed by atoms with Crippen molar-refractivity contribution in [2.45, 2.75) is 58.7 Å². The SMILES string of the molecule is CCn1c(N2CCC[C@@H](N)C2)c(C(=O)NCC2CC2)c2c1c(=O)n(Cc1nc(C)c3ccccc3n1)c(=O)n2C. The number of aryl methyl sites for hydroxylation is 3. The molecule has 1 aromatic carbocycles. The first-order chi connectivity index (χ1) is 19.3. The van der Waals surface area contributed by atoms with Gasteiger partial charge in [0.05, 0.1) is 17.6 Å². The van der Waals surface area contributed by atoms with E-state index in [-0.39, 0.29) is 18.5 Å². The van der Waals surface area contributed by atoms with E-state index in [1.54, 1.807) is 7.05 Å². The minimum absolute atomic E-state index is 0.0341. The van der Waals surface area contributed by atoms with Crippen LogP contribution in [0.15, 0.2) is 33.9 Å². The zero-order chi connectivity index (χ0) is 28.1. The number of nitrogens with two attached hydrogens (primary N) is 1. The summed E-state index contributed by atoms with van der Waals surface area (Å²) < 4.78 is 4.48. The van der Waals surface area contributed by atoms with Gasteiger partial charge in [0.1, 0.15) is 22.7 Å². The second kappa shape index (κ2) is 10.2. The van der Waals surface area contributed by atoms with Crippen molar-refractivity contribution in [2.75, 3.05) is 24.5 Å². The molecule has 1 amide bonds. The summed E-state index contributed by atoms with van der Waals surface area (Å²) in [5, 5.41) is 3.99. The maximum Gasteiger partial charge on any atom is 0.331 e. The van der Waals surface area contributed by atoms with Gasteiger partial charge in [-0.2, -0.15) is 0 Å². The Morgan fingerprint density at radius 1 is 1.10 bits per heavy atom. The highest BCUT2D eigenvalue weighted by molar-refractivity contribution is 6.11. The molecule has 2 aliphatic rings. The molecule has 11 heteroatoms. The molecule has 0 bridgehead atoms. The number of nitrogens with zero attached hydrogens (tertiary/aromatic N) is 6. The summed E-state index contributed by atoms with van der Waals surface area (Å²) in [5.41, 5.74) is 7.95. The second-order valence-electron chi connectivity index (χ2n) is 11.1. The zero-order valence-electron chi connectivity index (χ0n) is 23.3. The predicted octanol–water partition coefficient (Wildman–Crippen LogP) is 1.89. The molecule has 0 spiro atoms. The maximum absolute atomic E-state index is 14.1. The van der Waals surface area contributed by atoms with Gasteiger partial charge in [0.25, 0.3) is 11.5 Å². The number of para-hydroxylation sites is 1. The van der Waals surface area contributed by atoms with Crippen molar-refractivity contribution in [1.29, 1.82) is 0 Å². The number of hydrogen-bond donors (Lipinski definition) is 2. The van der Waals surface area contributed by atoms with Crippen LogP contribution in [0.25, 0.3) is 21.9 Å². The third-order valence-electron chi connectivity index (χ3n) is 8.20. The molecule has 3 N–H and O–H groups in total. The molecule has 40 heavy (non-hydrogen) atoms. The molecule has 3 aromatic heterocycles. The van der Waals surface area contributed by atoms with Crippen LogP contribution in [0, 0.1) is 12.8 Å². The molecule has 1 saturated carbocycles. The van der Waals surface area contributed by atoms with Crippen molar-refractivity contribution < 1.29 is 4.79 Å². The summed E-state index contributed by atoms with van der Waals surface area (Å²) in [6.07, 6.45) is 3.99. The number of fused-ring (bicyclic) bond motifs is 2. The lowest BCUT2D eigenvalue weighted by atomic mass is 10.1. The van der Waals surface area contributed by atoms with E-state index in [2.05, 4.69) is 20.2 Å². The fourth-order valence-electron chi connectivity index (χ4n) is 5.97. The van der Waals surface area contributed by atoms with Crippen LogP contribution < -0.4 is 27.2 Å². The normalized spacial score (nSPS) is 17.6. The summed E-state index contributed by atoms with van der Waals surface area (Å²) in [5.74, 6) is 1.26. The lowest BCUT2D eigenvalue weighted by Gasteiger charge is -2.33. The van der Waals surface area contributed by atoms with E-state index in [4.69, 9.17) is 5.73 Å². The Bertz CT molecular complexity index is 1750. The van der Waals surface area contributed by atoms with E-state index in [0.29, 0.717) is 53.8 Å². The molecule has 1 atom stereocenters. The molecule has 0 unspecified atom stereocenters. The molecular weight excluding hydrogens is 508 g/mol. The second-order valence-corrected chi connectivity index (χ2v) is 11.1. The fourth-order valence-corrected chi connectivity index (χ4v) is 5.97. The van der Waals surface area contributed by atoms with Gasteiger partial charge in [0.2, 0.25) is 0 Å². The molecular formula is C29H36N8O3. The third kappa shape index (κ3) is 4.47. The molecule has 4 heterocycles. The Kier molecular flexibility index (Phi) is 6.69. The van der Waals surface area contributed by atoms with E-state index in [9.17, 15) is 14.4 Å². The predicted molar refractivity (Wildman–Crippen MR) is 155 cm³/mol. The van der Waals surface area contributed by atoms with Crippen LogP contribution in [0.4, 0.5) is 5.82 Å². The molecule has 11 nitrogen and oxygen atoms in total. The third-order valence-corrected chi connectivity index (χ3v) is 8.20. The van der Waals surface area contributed by atoms with Crippen LogP contribution in [0.2, 0.25) is 0 Å². The van der Waals surface area contributed by atoms with Crippen molar-refractivity contribution >= 4 is 33.7 Å². The van der Waals surface area contributed by atoms with Gasteiger partial charge in [-0.3, -0.25) is 18.7 Å². The molecule has 1 saturated heterocycles. The van der Waals surface area contributed by atoms with Gasteiger partial charge in [0.15, 0.2) is 0 Å². The van der Waals surface area contributed by atoms with E-state index < -0.39 is 11.2 Å². The van der Waals surface area contributed by atoms with Crippen LogP contribution in [0.5, 0.6) is 0 Å².